The third-order valence-corrected chi connectivity index (χ3v) is 6.46. The van der Waals surface area contributed by atoms with Crippen molar-refractivity contribution >= 4 is 11.9 Å². The number of nitrogens with zero attached hydrogens (tertiary/aromatic N) is 4. The van der Waals surface area contributed by atoms with Gasteiger partial charge in [0.25, 0.3) is 5.91 Å². The Balaban J connectivity index is 1.50. The number of aromatic nitrogens is 2. The Kier molecular flexibility index (Phi) is 7.88. The highest BCUT2D eigenvalue weighted by atomic mass is 16.5. The van der Waals surface area contributed by atoms with Gasteiger partial charge in [-0.2, -0.15) is 0 Å². The number of ether oxygens (including phenoxy) is 2. The van der Waals surface area contributed by atoms with Gasteiger partial charge in [-0.05, 0) is 56.3 Å². The van der Waals surface area contributed by atoms with Crippen molar-refractivity contribution in [2.75, 3.05) is 39.9 Å². The van der Waals surface area contributed by atoms with Gasteiger partial charge in [0.05, 0.1) is 26.1 Å². The molecule has 2 aliphatic rings. The number of carbonyl (C=O) groups is 2. The zero-order chi connectivity index (χ0) is 23.0. The normalized spacial score (nSPS) is 20.2. The number of rotatable bonds is 2. The largest absolute Gasteiger partial charge is 0.494 e. The second kappa shape index (κ2) is 11.2. The Morgan fingerprint density at radius 3 is 2.67 bits per heavy atom. The number of piperidine rings is 1. The molecule has 176 valence electrons. The summed E-state index contributed by atoms with van der Waals surface area (Å²) in [5, 5.41) is 0. The summed E-state index contributed by atoms with van der Waals surface area (Å²) in [7, 11) is 1.29. The average Bonchev–Trinajstić information content (AvgIpc) is 2.86. The summed E-state index contributed by atoms with van der Waals surface area (Å²) < 4.78 is 10.6. The minimum atomic E-state index is -0.572. The highest BCUT2D eigenvalue weighted by Gasteiger charge is 2.25. The van der Waals surface area contributed by atoms with Crippen molar-refractivity contribution in [3.05, 3.63) is 53.6 Å². The summed E-state index contributed by atoms with van der Waals surface area (Å²) in [6.45, 7) is 3.64. The monoisotopic (exact) mass is 452 g/mol. The summed E-state index contributed by atoms with van der Waals surface area (Å²) in [5.41, 5.74) is 1.63. The summed E-state index contributed by atoms with van der Waals surface area (Å²) in [6.07, 6.45) is 9.16. The molecule has 0 radical (unpaired) electrons. The van der Waals surface area contributed by atoms with Gasteiger partial charge >= 0.3 is 5.97 Å². The van der Waals surface area contributed by atoms with Crippen LogP contribution in [0.15, 0.2) is 36.7 Å². The van der Waals surface area contributed by atoms with E-state index in [-0.39, 0.29) is 17.3 Å². The van der Waals surface area contributed by atoms with Crippen molar-refractivity contribution in [1.82, 2.24) is 19.8 Å². The van der Waals surface area contributed by atoms with Crippen LogP contribution in [0.25, 0.3) is 0 Å². The van der Waals surface area contributed by atoms with E-state index >= 15 is 0 Å². The van der Waals surface area contributed by atoms with E-state index in [1.54, 1.807) is 0 Å². The van der Waals surface area contributed by atoms with E-state index in [9.17, 15) is 9.59 Å². The van der Waals surface area contributed by atoms with Gasteiger partial charge in [0.2, 0.25) is 0 Å². The van der Waals surface area contributed by atoms with Gasteiger partial charge in [0, 0.05) is 25.7 Å². The third kappa shape index (κ3) is 6.07. The molecule has 1 aromatic heterocycles. The second-order valence-corrected chi connectivity index (χ2v) is 8.64. The van der Waals surface area contributed by atoms with Gasteiger partial charge in [-0.1, -0.05) is 18.6 Å². The van der Waals surface area contributed by atoms with E-state index in [2.05, 4.69) is 37.8 Å². The first-order valence-electron chi connectivity index (χ1n) is 11.8. The van der Waals surface area contributed by atoms with Crippen LogP contribution in [0.4, 0.5) is 0 Å². The van der Waals surface area contributed by atoms with Crippen LogP contribution in [0, 0.1) is 0 Å². The van der Waals surface area contributed by atoms with Crippen molar-refractivity contribution in [2.45, 2.75) is 44.6 Å². The van der Waals surface area contributed by atoms with Gasteiger partial charge in [0.15, 0.2) is 5.69 Å². The average molecular weight is 453 g/mol. The van der Waals surface area contributed by atoms with Crippen LogP contribution >= 0.6 is 0 Å². The molecule has 1 saturated heterocycles. The highest BCUT2D eigenvalue weighted by Crippen LogP contribution is 2.23. The molecular weight excluding hydrogens is 420 g/mol. The molecule has 0 spiro atoms. The maximum absolute atomic E-state index is 13.2. The standard InChI is InChI=1S/C25H32N4O4/c1-32-25(31)23-18-26-22(17-27-23)24(30)29-12-5-15-33-21-8-4-6-19(16-21)9-10-20-7-2-3-11-28(20)13-14-29/h4,6,8,16-18,20H,2-3,5,7,9-15H2,1H3. The van der Waals surface area contributed by atoms with Gasteiger partial charge in [0.1, 0.15) is 11.4 Å². The van der Waals surface area contributed by atoms with Gasteiger partial charge in [-0.3, -0.25) is 9.69 Å². The quantitative estimate of drug-likeness (QED) is 0.648. The fraction of sp³-hybridized carbons (Fsp3) is 0.520. The van der Waals surface area contributed by atoms with E-state index in [4.69, 9.17) is 4.74 Å². The van der Waals surface area contributed by atoms with E-state index in [0.29, 0.717) is 32.2 Å². The first-order chi connectivity index (χ1) is 16.1. The predicted octanol–water partition coefficient (Wildman–Crippen LogP) is 2.98. The molecule has 8 heteroatoms. The molecule has 0 aliphatic carbocycles. The summed E-state index contributed by atoms with van der Waals surface area (Å²) in [4.78, 5) is 37.5. The second-order valence-electron chi connectivity index (χ2n) is 8.64. The molecule has 3 heterocycles. The van der Waals surface area contributed by atoms with Crippen molar-refractivity contribution in [2.24, 2.45) is 0 Å². The molecule has 2 aromatic rings. The first-order valence-corrected chi connectivity index (χ1v) is 11.8. The van der Waals surface area contributed by atoms with Crippen LogP contribution in [0.3, 0.4) is 0 Å². The first kappa shape index (κ1) is 23.2. The maximum Gasteiger partial charge on any atom is 0.358 e. The minimum Gasteiger partial charge on any atom is -0.494 e. The lowest BCUT2D eigenvalue weighted by atomic mass is 9.95. The lowest BCUT2D eigenvalue weighted by molar-refractivity contribution is 0.0590. The highest BCUT2D eigenvalue weighted by molar-refractivity contribution is 5.93. The molecule has 1 fully saturated rings. The Morgan fingerprint density at radius 2 is 1.85 bits per heavy atom. The number of methoxy groups -OCH3 is 1. The number of benzene rings is 1. The molecule has 33 heavy (non-hydrogen) atoms. The Bertz CT molecular complexity index is 950. The molecule has 0 N–H and O–H groups in total. The molecule has 2 aliphatic heterocycles. The van der Waals surface area contributed by atoms with E-state index in [1.165, 1.54) is 44.3 Å². The molecule has 2 bridgehead atoms. The zero-order valence-electron chi connectivity index (χ0n) is 19.2. The van der Waals surface area contributed by atoms with Crippen molar-refractivity contribution in [1.29, 1.82) is 0 Å². The third-order valence-electron chi connectivity index (χ3n) is 6.46. The smallest absolute Gasteiger partial charge is 0.358 e. The molecule has 0 saturated carbocycles. The lowest BCUT2D eigenvalue weighted by Crippen LogP contribution is -2.46. The Labute approximate surface area is 194 Å². The van der Waals surface area contributed by atoms with E-state index < -0.39 is 5.97 Å². The summed E-state index contributed by atoms with van der Waals surface area (Å²) in [6, 6.07) is 8.90. The minimum absolute atomic E-state index is 0.0850. The van der Waals surface area contributed by atoms with Crippen molar-refractivity contribution < 1.29 is 19.1 Å². The molecule has 4 rings (SSSR count). The van der Waals surface area contributed by atoms with E-state index in [0.717, 1.165) is 31.7 Å². The SMILES string of the molecule is COC(=O)c1cnc(C(=O)N2CCCOc3cccc(c3)CCC3CCCCN3CC2)cn1. The van der Waals surface area contributed by atoms with Crippen LogP contribution in [-0.4, -0.2) is 77.6 Å². The molecule has 1 atom stereocenters. The summed E-state index contributed by atoms with van der Waals surface area (Å²) in [5.74, 6) is 0.130. The fourth-order valence-electron chi connectivity index (χ4n) is 4.63. The molecule has 8 nitrogen and oxygen atoms in total. The Morgan fingerprint density at radius 1 is 1.00 bits per heavy atom. The number of hydrogen-bond donors (Lipinski definition) is 0. The summed E-state index contributed by atoms with van der Waals surface area (Å²) >= 11 is 0. The fourth-order valence-corrected chi connectivity index (χ4v) is 4.63. The topological polar surface area (TPSA) is 84.9 Å². The Hall–Kier alpha value is -3.00. The van der Waals surface area contributed by atoms with Crippen LogP contribution in [0.2, 0.25) is 0 Å². The van der Waals surface area contributed by atoms with Gasteiger partial charge in [-0.15, -0.1) is 0 Å². The molecule has 1 amide bonds. The lowest BCUT2D eigenvalue weighted by Gasteiger charge is -2.37. The van der Waals surface area contributed by atoms with Gasteiger partial charge < -0.3 is 14.4 Å². The van der Waals surface area contributed by atoms with Crippen LogP contribution < -0.4 is 4.74 Å². The molecule has 1 unspecified atom stereocenters. The molecule has 1 aromatic carbocycles. The number of carbonyl (C=O) groups excluding carboxylic acids is 2. The van der Waals surface area contributed by atoms with Crippen molar-refractivity contribution in [3.8, 4) is 5.75 Å². The van der Waals surface area contributed by atoms with Crippen LogP contribution in [0.1, 0.15) is 58.6 Å². The number of amides is 1. The van der Waals surface area contributed by atoms with Crippen molar-refractivity contribution in [3.63, 3.8) is 0 Å². The number of fused-ring (bicyclic) bond motifs is 3. The number of esters is 1. The maximum atomic E-state index is 13.2. The van der Waals surface area contributed by atoms with Crippen LogP contribution in [0.5, 0.6) is 5.75 Å². The number of hydrogen-bond acceptors (Lipinski definition) is 7. The number of aryl methyl sites for hydroxylation is 1. The zero-order valence-corrected chi connectivity index (χ0v) is 19.2. The van der Waals surface area contributed by atoms with Gasteiger partial charge in [-0.25, -0.2) is 14.8 Å². The predicted molar refractivity (Wildman–Crippen MR) is 123 cm³/mol. The molecular formula is C25H32N4O4. The van der Waals surface area contributed by atoms with Crippen LogP contribution in [-0.2, 0) is 11.2 Å². The van der Waals surface area contributed by atoms with E-state index in [1.807, 2.05) is 11.0 Å².